The number of carbonyl (C=O) groups is 1. The summed E-state index contributed by atoms with van der Waals surface area (Å²) in [6.45, 7) is 6.96. The highest BCUT2D eigenvalue weighted by molar-refractivity contribution is 5.85. The molecule has 0 unspecified atom stereocenters. The summed E-state index contributed by atoms with van der Waals surface area (Å²) in [5, 5.41) is 8.99. The number of anilines is 1. The molecule has 21 heavy (non-hydrogen) atoms. The molecule has 0 aromatic carbocycles. The van der Waals surface area contributed by atoms with E-state index >= 15 is 0 Å². The van der Waals surface area contributed by atoms with Crippen LogP contribution in [0.1, 0.15) is 43.6 Å². The lowest BCUT2D eigenvalue weighted by atomic mass is 10.1. The molecule has 5 nitrogen and oxygen atoms in total. The van der Waals surface area contributed by atoms with Crippen molar-refractivity contribution >= 4 is 11.8 Å². The Hall–Kier alpha value is -1.62. The lowest BCUT2D eigenvalue weighted by Gasteiger charge is -2.33. The van der Waals surface area contributed by atoms with E-state index in [1.807, 2.05) is 6.07 Å². The molecule has 1 saturated heterocycles. The van der Waals surface area contributed by atoms with Crippen LogP contribution in [0.5, 0.6) is 0 Å². The van der Waals surface area contributed by atoms with Gasteiger partial charge in [-0.3, -0.25) is 0 Å². The van der Waals surface area contributed by atoms with Gasteiger partial charge in [-0.25, -0.2) is 9.78 Å². The number of nitrogens with zero attached hydrogens (tertiary/aromatic N) is 2. The van der Waals surface area contributed by atoms with Crippen molar-refractivity contribution in [2.75, 3.05) is 24.6 Å². The van der Waals surface area contributed by atoms with Gasteiger partial charge in [-0.05, 0) is 37.3 Å². The second kappa shape index (κ2) is 7.41. The number of hydrogen-bond donors (Lipinski definition) is 1. The Morgan fingerprint density at radius 1 is 1.43 bits per heavy atom. The van der Waals surface area contributed by atoms with Gasteiger partial charge in [-0.15, -0.1) is 0 Å². The molecule has 1 aromatic rings. The minimum atomic E-state index is -0.983. The van der Waals surface area contributed by atoms with E-state index < -0.39 is 5.97 Å². The highest BCUT2D eigenvalue weighted by Crippen LogP contribution is 2.20. The molecule has 1 N–H and O–H groups in total. The van der Waals surface area contributed by atoms with Crippen LogP contribution in [0.4, 0.5) is 5.82 Å². The van der Waals surface area contributed by atoms with Crippen molar-refractivity contribution < 1.29 is 14.6 Å². The molecule has 0 spiro atoms. The van der Waals surface area contributed by atoms with Gasteiger partial charge in [0.1, 0.15) is 5.82 Å². The van der Waals surface area contributed by atoms with Crippen LogP contribution < -0.4 is 4.90 Å². The Balaban J connectivity index is 1.83. The van der Waals surface area contributed by atoms with E-state index in [1.165, 1.54) is 6.07 Å². The number of piperidine rings is 1. The number of aromatic carboxylic acids is 1. The number of pyridine rings is 1. The second-order valence-corrected chi connectivity index (χ2v) is 5.93. The number of carboxylic acids is 1. The normalized spacial score (nSPS) is 16.4. The predicted molar refractivity (Wildman–Crippen MR) is 81.8 cm³/mol. The molecular weight excluding hydrogens is 268 g/mol. The van der Waals surface area contributed by atoms with Gasteiger partial charge in [-0.2, -0.15) is 0 Å². The fourth-order valence-electron chi connectivity index (χ4n) is 2.44. The average molecular weight is 292 g/mol. The zero-order chi connectivity index (χ0) is 15.2. The summed E-state index contributed by atoms with van der Waals surface area (Å²) in [6.07, 6.45) is 3.36. The first-order chi connectivity index (χ1) is 10.1. The topological polar surface area (TPSA) is 62.7 Å². The molecular formula is C16H24N2O3. The highest BCUT2D eigenvalue weighted by Gasteiger charge is 2.21. The van der Waals surface area contributed by atoms with E-state index in [4.69, 9.17) is 9.84 Å². The maximum Gasteiger partial charge on any atom is 0.354 e. The first-order valence-electron chi connectivity index (χ1n) is 7.63. The van der Waals surface area contributed by atoms with E-state index in [9.17, 15) is 4.79 Å². The Morgan fingerprint density at radius 2 is 2.14 bits per heavy atom. The Morgan fingerprint density at radius 3 is 2.76 bits per heavy atom. The standard InChI is InChI=1S/C16H24N2O3/c1-12(2)8-11-21-13-6-9-18(10-7-13)15-5-3-4-14(17-15)16(19)20/h3-5,12-13H,6-11H2,1-2H3,(H,19,20). The molecule has 1 aliphatic heterocycles. The molecule has 116 valence electrons. The lowest BCUT2D eigenvalue weighted by Crippen LogP contribution is -2.37. The van der Waals surface area contributed by atoms with Gasteiger partial charge in [0, 0.05) is 19.7 Å². The summed E-state index contributed by atoms with van der Waals surface area (Å²) in [7, 11) is 0. The molecule has 0 amide bonds. The molecule has 1 fully saturated rings. The molecule has 0 radical (unpaired) electrons. The van der Waals surface area contributed by atoms with Crippen molar-refractivity contribution in [3.05, 3.63) is 23.9 Å². The molecule has 0 atom stereocenters. The van der Waals surface area contributed by atoms with Crippen molar-refractivity contribution in [1.29, 1.82) is 0 Å². The highest BCUT2D eigenvalue weighted by atomic mass is 16.5. The van der Waals surface area contributed by atoms with Gasteiger partial charge < -0.3 is 14.7 Å². The predicted octanol–water partition coefficient (Wildman–Crippen LogP) is 2.81. The van der Waals surface area contributed by atoms with Crippen LogP contribution in [0.25, 0.3) is 0 Å². The van der Waals surface area contributed by atoms with E-state index in [0.717, 1.165) is 44.8 Å². The number of hydrogen-bond acceptors (Lipinski definition) is 4. The first-order valence-corrected chi connectivity index (χ1v) is 7.63. The molecule has 1 aromatic heterocycles. The van der Waals surface area contributed by atoms with Crippen LogP contribution >= 0.6 is 0 Å². The smallest absolute Gasteiger partial charge is 0.354 e. The SMILES string of the molecule is CC(C)CCOC1CCN(c2cccc(C(=O)O)n2)CC1. The number of aromatic nitrogens is 1. The lowest BCUT2D eigenvalue weighted by molar-refractivity contribution is 0.0311. The van der Waals surface area contributed by atoms with E-state index in [1.54, 1.807) is 6.07 Å². The summed E-state index contributed by atoms with van der Waals surface area (Å²) in [6, 6.07) is 5.14. The maximum atomic E-state index is 11.0. The van der Waals surface area contributed by atoms with Crippen molar-refractivity contribution in [3.63, 3.8) is 0 Å². The number of ether oxygens (including phenoxy) is 1. The van der Waals surface area contributed by atoms with Crippen LogP contribution in [0.15, 0.2) is 18.2 Å². The monoisotopic (exact) mass is 292 g/mol. The van der Waals surface area contributed by atoms with Crippen LogP contribution in [-0.4, -0.2) is 41.9 Å². The van der Waals surface area contributed by atoms with Crippen LogP contribution in [-0.2, 0) is 4.74 Å². The summed E-state index contributed by atoms with van der Waals surface area (Å²) in [5.41, 5.74) is 0.0998. The molecule has 0 bridgehead atoms. The summed E-state index contributed by atoms with van der Waals surface area (Å²) < 4.78 is 5.90. The molecule has 1 aliphatic rings. The largest absolute Gasteiger partial charge is 0.477 e. The van der Waals surface area contributed by atoms with Crippen LogP contribution in [0.2, 0.25) is 0 Å². The van der Waals surface area contributed by atoms with Crippen molar-refractivity contribution in [2.24, 2.45) is 5.92 Å². The average Bonchev–Trinajstić information content (AvgIpc) is 2.48. The van der Waals surface area contributed by atoms with E-state index in [0.29, 0.717) is 12.0 Å². The third-order valence-electron chi connectivity index (χ3n) is 3.77. The van der Waals surface area contributed by atoms with Gasteiger partial charge in [0.05, 0.1) is 6.10 Å². The third kappa shape index (κ3) is 4.70. The second-order valence-electron chi connectivity index (χ2n) is 5.93. The van der Waals surface area contributed by atoms with E-state index in [-0.39, 0.29) is 5.69 Å². The van der Waals surface area contributed by atoms with Crippen molar-refractivity contribution in [3.8, 4) is 0 Å². The van der Waals surface area contributed by atoms with Crippen molar-refractivity contribution in [2.45, 2.75) is 39.2 Å². The Kier molecular flexibility index (Phi) is 5.56. The molecule has 2 rings (SSSR count). The minimum absolute atomic E-state index is 0.0998. The van der Waals surface area contributed by atoms with Gasteiger partial charge in [0.25, 0.3) is 0 Å². The van der Waals surface area contributed by atoms with Gasteiger partial charge >= 0.3 is 5.97 Å². The molecule has 0 saturated carbocycles. The first kappa shape index (κ1) is 15.8. The third-order valence-corrected chi connectivity index (χ3v) is 3.77. The Bertz CT molecular complexity index is 468. The maximum absolute atomic E-state index is 11.0. The van der Waals surface area contributed by atoms with Gasteiger partial charge in [0.2, 0.25) is 0 Å². The van der Waals surface area contributed by atoms with Crippen molar-refractivity contribution in [1.82, 2.24) is 4.98 Å². The minimum Gasteiger partial charge on any atom is -0.477 e. The number of rotatable bonds is 6. The fourth-order valence-corrected chi connectivity index (χ4v) is 2.44. The summed E-state index contributed by atoms with van der Waals surface area (Å²) in [5.74, 6) is 0.437. The number of carboxylic acid groups (broad SMARTS) is 1. The van der Waals surface area contributed by atoms with Crippen LogP contribution in [0, 0.1) is 5.92 Å². The van der Waals surface area contributed by atoms with Gasteiger partial charge in [-0.1, -0.05) is 19.9 Å². The van der Waals surface area contributed by atoms with Gasteiger partial charge in [0.15, 0.2) is 5.69 Å². The summed E-state index contributed by atoms with van der Waals surface area (Å²) >= 11 is 0. The quantitative estimate of drug-likeness (QED) is 0.873. The van der Waals surface area contributed by atoms with Crippen LogP contribution in [0.3, 0.4) is 0 Å². The summed E-state index contributed by atoms with van der Waals surface area (Å²) in [4.78, 5) is 17.3. The molecule has 0 aliphatic carbocycles. The van der Waals surface area contributed by atoms with E-state index in [2.05, 4.69) is 23.7 Å². The zero-order valence-electron chi connectivity index (χ0n) is 12.8. The molecule has 2 heterocycles. The Labute approximate surface area is 125 Å². The molecule has 5 heteroatoms. The fraction of sp³-hybridized carbons (Fsp3) is 0.625. The zero-order valence-corrected chi connectivity index (χ0v) is 12.8.